The molecule has 1 amide bonds. The van der Waals surface area contributed by atoms with Gasteiger partial charge in [0.25, 0.3) is 0 Å². The van der Waals surface area contributed by atoms with E-state index >= 15 is 0 Å². The molecule has 0 atom stereocenters. The van der Waals surface area contributed by atoms with Crippen LogP contribution >= 0.6 is 0 Å². The topological polar surface area (TPSA) is 72.5 Å². The molecule has 0 saturated heterocycles. The summed E-state index contributed by atoms with van der Waals surface area (Å²) in [7, 11) is -3.58. The molecule has 0 aliphatic heterocycles. The van der Waals surface area contributed by atoms with Crippen molar-refractivity contribution in [3.63, 3.8) is 0 Å². The zero-order valence-electron chi connectivity index (χ0n) is 11.0. The molecule has 0 saturated carbocycles. The van der Waals surface area contributed by atoms with E-state index < -0.39 is 21.8 Å². The molecule has 2 aromatic rings. The molecule has 0 radical (unpaired) electrons. The highest BCUT2D eigenvalue weighted by molar-refractivity contribution is 7.91. The summed E-state index contributed by atoms with van der Waals surface area (Å²) in [6.45, 7) is 1.85. The molecule has 2 rings (SSSR count). The normalized spacial score (nSPS) is 11.2. The molecule has 20 heavy (non-hydrogen) atoms. The molecule has 5 nitrogen and oxygen atoms in total. The second-order valence-corrected chi connectivity index (χ2v) is 6.15. The van der Waals surface area contributed by atoms with Crippen molar-refractivity contribution in [2.45, 2.75) is 11.8 Å². The van der Waals surface area contributed by atoms with E-state index in [1.54, 1.807) is 19.1 Å². The smallest absolute Gasteiger partial charge is 0.407 e. The summed E-state index contributed by atoms with van der Waals surface area (Å²) in [5.74, 6) is -0.482. The molecule has 6 heteroatoms. The quantitative estimate of drug-likeness (QED) is 0.939. The van der Waals surface area contributed by atoms with Gasteiger partial charge in [-0.15, -0.1) is 0 Å². The molecule has 0 aliphatic rings. The van der Waals surface area contributed by atoms with Crippen LogP contribution in [0.15, 0.2) is 47.4 Å². The van der Waals surface area contributed by atoms with E-state index in [1.165, 1.54) is 6.07 Å². The molecule has 0 heterocycles. The fourth-order valence-electron chi connectivity index (χ4n) is 1.78. The van der Waals surface area contributed by atoms with Crippen LogP contribution in [-0.2, 0) is 14.6 Å². The van der Waals surface area contributed by atoms with Crippen molar-refractivity contribution in [1.82, 2.24) is 5.32 Å². The third-order valence-corrected chi connectivity index (χ3v) is 4.26. The number of amides is 1. The van der Waals surface area contributed by atoms with Crippen LogP contribution in [0.5, 0.6) is 0 Å². The van der Waals surface area contributed by atoms with Gasteiger partial charge in [-0.25, -0.2) is 13.2 Å². The summed E-state index contributed by atoms with van der Waals surface area (Å²) < 4.78 is 28.9. The zero-order valence-corrected chi connectivity index (χ0v) is 11.8. The lowest BCUT2D eigenvalue weighted by Crippen LogP contribution is -2.30. The van der Waals surface area contributed by atoms with Crippen molar-refractivity contribution in [2.75, 3.05) is 12.5 Å². The van der Waals surface area contributed by atoms with Gasteiger partial charge in [-0.2, -0.15) is 0 Å². The molecule has 0 bridgehead atoms. The van der Waals surface area contributed by atoms with E-state index in [2.05, 4.69) is 10.1 Å². The minimum absolute atomic E-state index is 0.174. The Labute approximate surface area is 117 Å². The van der Waals surface area contributed by atoms with Gasteiger partial charge in [0, 0.05) is 0 Å². The van der Waals surface area contributed by atoms with Gasteiger partial charge in [-0.1, -0.05) is 30.3 Å². The van der Waals surface area contributed by atoms with Gasteiger partial charge in [0.05, 0.1) is 11.5 Å². The lowest BCUT2D eigenvalue weighted by molar-refractivity contribution is 0.154. The van der Waals surface area contributed by atoms with Crippen LogP contribution in [0.1, 0.15) is 6.92 Å². The van der Waals surface area contributed by atoms with Crippen LogP contribution in [0.3, 0.4) is 0 Å². The number of alkyl carbamates (subject to hydrolysis) is 1. The SMILES string of the molecule is CCOC(=O)NCS(=O)(=O)c1ccc2ccccc2c1. The lowest BCUT2D eigenvalue weighted by atomic mass is 10.1. The second kappa shape index (κ2) is 5.92. The minimum Gasteiger partial charge on any atom is -0.450 e. The Hall–Kier alpha value is -2.08. The van der Waals surface area contributed by atoms with Gasteiger partial charge in [0.2, 0.25) is 0 Å². The molecule has 0 fully saturated rings. The van der Waals surface area contributed by atoms with Crippen LogP contribution in [-0.4, -0.2) is 27.0 Å². The van der Waals surface area contributed by atoms with Crippen molar-refractivity contribution in [3.8, 4) is 0 Å². The van der Waals surface area contributed by atoms with Crippen molar-refractivity contribution >= 4 is 26.7 Å². The van der Waals surface area contributed by atoms with Crippen molar-refractivity contribution < 1.29 is 17.9 Å². The predicted molar refractivity (Wildman–Crippen MR) is 76.2 cm³/mol. The average molecular weight is 293 g/mol. The number of benzene rings is 2. The van der Waals surface area contributed by atoms with Gasteiger partial charge in [-0.05, 0) is 29.8 Å². The third kappa shape index (κ3) is 3.27. The van der Waals surface area contributed by atoms with E-state index in [0.717, 1.165) is 10.8 Å². The summed E-state index contributed by atoms with van der Waals surface area (Å²) in [5, 5.41) is 4.02. The maximum Gasteiger partial charge on any atom is 0.407 e. The van der Waals surface area contributed by atoms with E-state index in [-0.39, 0.29) is 11.5 Å². The fourth-order valence-corrected chi connectivity index (χ4v) is 2.84. The number of nitrogens with one attached hydrogen (secondary N) is 1. The standard InChI is InChI=1S/C14H15NO4S/c1-2-19-14(16)15-10-20(17,18)13-8-7-11-5-3-4-6-12(11)9-13/h3-9H,2,10H2,1H3,(H,15,16). The summed E-state index contributed by atoms with van der Waals surface area (Å²) in [6.07, 6.45) is -0.739. The van der Waals surface area contributed by atoms with Crippen molar-refractivity contribution in [1.29, 1.82) is 0 Å². The van der Waals surface area contributed by atoms with E-state index in [1.807, 2.05) is 24.3 Å². The molecule has 0 unspecified atom stereocenters. The summed E-state index contributed by atoms with van der Waals surface area (Å²) >= 11 is 0. The van der Waals surface area contributed by atoms with Crippen LogP contribution in [0.25, 0.3) is 10.8 Å². The zero-order chi connectivity index (χ0) is 14.6. The van der Waals surface area contributed by atoms with Crippen LogP contribution in [0, 0.1) is 0 Å². The number of hydrogen-bond acceptors (Lipinski definition) is 4. The number of fused-ring (bicyclic) bond motifs is 1. The first-order valence-electron chi connectivity index (χ1n) is 6.15. The average Bonchev–Trinajstić information content (AvgIpc) is 2.45. The maximum absolute atomic E-state index is 12.1. The first kappa shape index (κ1) is 14.3. The van der Waals surface area contributed by atoms with E-state index in [4.69, 9.17) is 0 Å². The predicted octanol–water partition coefficient (Wildman–Crippen LogP) is 2.32. The molecule has 1 N–H and O–H groups in total. The number of carbonyl (C=O) groups is 1. The Bertz CT molecular complexity index is 725. The lowest BCUT2D eigenvalue weighted by Gasteiger charge is -2.07. The minimum atomic E-state index is -3.58. The first-order valence-corrected chi connectivity index (χ1v) is 7.80. The number of hydrogen-bond donors (Lipinski definition) is 1. The van der Waals surface area contributed by atoms with Gasteiger partial charge in [0.15, 0.2) is 9.84 Å². The third-order valence-electron chi connectivity index (χ3n) is 2.76. The van der Waals surface area contributed by atoms with Crippen molar-refractivity contribution in [3.05, 3.63) is 42.5 Å². The number of ether oxygens (including phenoxy) is 1. The summed E-state index contributed by atoms with van der Waals surface area (Å²) in [5.41, 5.74) is 0. The first-order chi connectivity index (χ1) is 9.53. The Morgan fingerprint density at radius 2 is 1.85 bits per heavy atom. The van der Waals surface area contributed by atoms with Gasteiger partial charge < -0.3 is 10.1 Å². The molecular weight excluding hydrogens is 278 g/mol. The molecular formula is C14H15NO4S. The Morgan fingerprint density at radius 3 is 2.55 bits per heavy atom. The Kier molecular flexibility index (Phi) is 4.24. The van der Waals surface area contributed by atoms with E-state index in [0.29, 0.717) is 0 Å². The molecule has 0 spiro atoms. The Morgan fingerprint density at radius 1 is 1.15 bits per heavy atom. The van der Waals surface area contributed by atoms with Crippen LogP contribution in [0.4, 0.5) is 4.79 Å². The molecule has 0 aliphatic carbocycles. The van der Waals surface area contributed by atoms with Crippen molar-refractivity contribution in [2.24, 2.45) is 0 Å². The van der Waals surface area contributed by atoms with Crippen LogP contribution in [0.2, 0.25) is 0 Å². The molecule has 106 valence electrons. The number of carbonyl (C=O) groups excluding carboxylic acids is 1. The Balaban J connectivity index is 2.21. The molecule has 2 aromatic carbocycles. The fraction of sp³-hybridized carbons (Fsp3) is 0.214. The largest absolute Gasteiger partial charge is 0.450 e. The summed E-state index contributed by atoms with van der Waals surface area (Å²) in [6, 6.07) is 12.3. The highest BCUT2D eigenvalue weighted by Crippen LogP contribution is 2.19. The van der Waals surface area contributed by atoms with Crippen LogP contribution < -0.4 is 5.32 Å². The van der Waals surface area contributed by atoms with E-state index in [9.17, 15) is 13.2 Å². The highest BCUT2D eigenvalue weighted by Gasteiger charge is 2.16. The van der Waals surface area contributed by atoms with Gasteiger partial charge in [0.1, 0.15) is 5.88 Å². The highest BCUT2D eigenvalue weighted by atomic mass is 32.2. The van der Waals surface area contributed by atoms with Gasteiger partial charge >= 0.3 is 6.09 Å². The number of rotatable bonds is 4. The second-order valence-electron chi connectivity index (χ2n) is 4.17. The number of sulfone groups is 1. The van der Waals surface area contributed by atoms with Gasteiger partial charge in [-0.3, -0.25) is 0 Å². The monoisotopic (exact) mass is 293 g/mol. The summed E-state index contributed by atoms with van der Waals surface area (Å²) in [4.78, 5) is 11.3. The molecule has 0 aromatic heterocycles. The maximum atomic E-state index is 12.1.